The van der Waals surface area contributed by atoms with E-state index in [1.54, 1.807) is 12.1 Å². The Bertz CT molecular complexity index is 1490. The van der Waals surface area contributed by atoms with E-state index in [1.807, 2.05) is 43.0 Å². The van der Waals surface area contributed by atoms with Gasteiger partial charge in [0.1, 0.15) is 5.82 Å². The zero-order valence-corrected chi connectivity index (χ0v) is 22.3. The average molecular weight is 529 g/mol. The topological polar surface area (TPSA) is 88.7 Å². The zero-order chi connectivity index (χ0) is 27.3. The fourth-order valence-electron chi connectivity index (χ4n) is 6.38. The van der Waals surface area contributed by atoms with Crippen molar-refractivity contribution in [3.05, 3.63) is 76.4 Å². The minimum Gasteiger partial charge on any atom is -0.392 e. The van der Waals surface area contributed by atoms with Crippen LogP contribution in [0.2, 0.25) is 0 Å². The van der Waals surface area contributed by atoms with E-state index >= 15 is 0 Å². The first-order chi connectivity index (χ1) is 18.8. The van der Waals surface area contributed by atoms with E-state index in [-0.39, 0.29) is 29.8 Å². The number of amides is 2. The van der Waals surface area contributed by atoms with Crippen molar-refractivity contribution in [3.8, 4) is 11.1 Å². The van der Waals surface area contributed by atoms with Crippen molar-refractivity contribution >= 4 is 29.2 Å². The first kappa shape index (κ1) is 25.5. The number of benzene rings is 2. The number of hydrogen-bond acceptors (Lipinski definition) is 4. The Morgan fingerprint density at radius 3 is 2.74 bits per heavy atom. The van der Waals surface area contributed by atoms with Gasteiger partial charge < -0.3 is 20.3 Å². The van der Waals surface area contributed by atoms with Gasteiger partial charge in [0.15, 0.2) is 0 Å². The van der Waals surface area contributed by atoms with Gasteiger partial charge in [-0.2, -0.15) is 0 Å². The Labute approximate surface area is 227 Å². The lowest BCUT2D eigenvalue weighted by Gasteiger charge is -2.29. The van der Waals surface area contributed by atoms with Gasteiger partial charge in [-0.3, -0.25) is 14.5 Å². The van der Waals surface area contributed by atoms with Gasteiger partial charge in [-0.05, 0) is 74.1 Å². The van der Waals surface area contributed by atoms with Crippen molar-refractivity contribution in [1.82, 2.24) is 14.8 Å². The maximum Gasteiger partial charge on any atom is 0.256 e. The SMILES string of the molecule is Cc1[nH]c(/C=C2\C(=O)Nc3cccc(-c4cccc(F)c4)c32)c(C)c1C(=O)N1CCC[C@H]1CN1CC[C@@H](O)C1. The van der Waals surface area contributed by atoms with Crippen LogP contribution in [0.1, 0.15) is 52.1 Å². The van der Waals surface area contributed by atoms with Gasteiger partial charge in [-0.1, -0.05) is 24.3 Å². The summed E-state index contributed by atoms with van der Waals surface area (Å²) in [5, 5.41) is 12.8. The lowest BCUT2D eigenvalue weighted by molar-refractivity contribution is -0.110. The molecule has 0 spiro atoms. The number of anilines is 1. The Hall–Kier alpha value is -3.75. The molecule has 3 aliphatic heterocycles. The minimum absolute atomic E-state index is 0.00451. The lowest BCUT2D eigenvalue weighted by Crippen LogP contribution is -2.43. The summed E-state index contributed by atoms with van der Waals surface area (Å²) in [7, 11) is 0. The molecular formula is C31H33FN4O3. The highest BCUT2D eigenvalue weighted by Crippen LogP contribution is 2.41. The van der Waals surface area contributed by atoms with Gasteiger partial charge in [0, 0.05) is 54.9 Å². The summed E-state index contributed by atoms with van der Waals surface area (Å²) in [6.07, 6.45) is 4.23. The number of aliphatic hydroxyl groups is 1. The maximum absolute atomic E-state index is 14.0. The molecule has 0 saturated carbocycles. The third kappa shape index (κ3) is 4.68. The standard InChI is InChI=1S/C31H33FN4O3/c1-18-27(15-25-29-24(20-6-3-7-21(32)14-20)9-4-10-26(29)34-30(25)38)33-19(2)28(18)31(39)36-12-5-8-22(36)16-35-13-11-23(37)17-35/h3-4,6-7,9-10,14-15,22-23,33,37H,5,8,11-13,16-17H2,1-2H3,(H,34,38)/b25-15-/t22-,23+/m0/s1. The quantitative estimate of drug-likeness (QED) is 0.423. The van der Waals surface area contributed by atoms with Gasteiger partial charge in [0.05, 0.1) is 17.2 Å². The van der Waals surface area contributed by atoms with E-state index < -0.39 is 0 Å². The molecule has 3 aliphatic rings. The number of β-amino-alcohol motifs (C(OH)–C–C–N with tert-alkyl or cyclic N) is 1. The number of hydrogen-bond donors (Lipinski definition) is 3. The summed E-state index contributed by atoms with van der Waals surface area (Å²) in [6, 6.07) is 12.0. The second kappa shape index (κ2) is 10.1. The Kier molecular flexibility index (Phi) is 6.61. The molecule has 6 rings (SSSR count). The Balaban J connectivity index is 1.33. The molecule has 7 nitrogen and oxygen atoms in total. The zero-order valence-electron chi connectivity index (χ0n) is 22.3. The third-order valence-electron chi connectivity index (χ3n) is 8.30. The molecule has 0 aliphatic carbocycles. The van der Waals surface area contributed by atoms with Crippen molar-refractivity contribution in [2.45, 2.75) is 45.3 Å². The molecule has 2 saturated heterocycles. The Morgan fingerprint density at radius 2 is 1.97 bits per heavy atom. The van der Waals surface area contributed by atoms with Gasteiger partial charge in [0.25, 0.3) is 11.8 Å². The van der Waals surface area contributed by atoms with Crippen molar-refractivity contribution in [2.75, 3.05) is 31.5 Å². The van der Waals surface area contributed by atoms with Crippen LogP contribution in [0.3, 0.4) is 0 Å². The summed E-state index contributed by atoms with van der Waals surface area (Å²) in [4.78, 5) is 34.5. The fourth-order valence-corrected chi connectivity index (χ4v) is 6.38. The molecule has 3 aromatic rings. The molecule has 0 radical (unpaired) electrons. The molecule has 39 heavy (non-hydrogen) atoms. The van der Waals surface area contributed by atoms with Crippen molar-refractivity contribution < 1.29 is 19.1 Å². The minimum atomic E-state index is -0.340. The number of rotatable bonds is 5. The van der Waals surface area contributed by atoms with E-state index in [2.05, 4.69) is 15.2 Å². The van der Waals surface area contributed by atoms with Crippen molar-refractivity contribution in [2.24, 2.45) is 0 Å². The molecule has 202 valence electrons. The van der Waals surface area contributed by atoms with Gasteiger partial charge >= 0.3 is 0 Å². The van der Waals surface area contributed by atoms with Crippen LogP contribution in [0.25, 0.3) is 22.8 Å². The molecule has 2 atom stereocenters. The van der Waals surface area contributed by atoms with Crippen LogP contribution >= 0.6 is 0 Å². The van der Waals surface area contributed by atoms with Crippen molar-refractivity contribution in [3.63, 3.8) is 0 Å². The van der Waals surface area contributed by atoms with Crippen LogP contribution in [0.4, 0.5) is 10.1 Å². The summed E-state index contributed by atoms with van der Waals surface area (Å²) in [5.41, 5.74) is 6.25. The van der Waals surface area contributed by atoms with Crippen LogP contribution in [-0.2, 0) is 4.79 Å². The van der Waals surface area contributed by atoms with Crippen LogP contribution < -0.4 is 5.32 Å². The molecular weight excluding hydrogens is 495 g/mol. The van der Waals surface area contributed by atoms with Gasteiger partial charge in [-0.25, -0.2) is 4.39 Å². The molecule has 2 amide bonds. The number of fused-ring (bicyclic) bond motifs is 1. The molecule has 4 heterocycles. The third-order valence-corrected chi connectivity index (χ3v) is 8.30. The largest absolute Gasteiger partial charge is 0.392 e. The number of H-pyrrole nitrogens is 1. The number of halogens is 1. The van der Waals surface area contributed by atoms with Crippen LogP contribution in [0.5, 0.6) is 0 Å². The molecule has 2 aromatic carbocycles. The summed E-state index contributed by atoms with van der Waals surface area (Å²) in [6.45, 7) is 6.83. The van der Waals surface area contributed by atoms with Gasteiger partial charge in [0.2, 0.25) is 0 Å². The average Bonchev–Trinajstić information content (AvgIpc) is 3.67. The number of likely N-dealkylation sites (tertiary alicyclic amines) is 2. The van der Waals surface area contributed by atoms with Crippen LogP contribution in [-0.4, -0.2) is 70.0 Å². The highest BCUT2D eigenvalue weighted by atomic mass is 19.1. The number of aromatic amines is 1. The summed E-state index contributed by atoms with van der Waals surface area (Å²) < 4.78 is 14.0. The number of carbonyl (C=O) groups excluding carboxylic acids is 2. The molecule has 8 heteroatoms. The first-order valence-electron chi connectivity index (χ1n) is 13.6. The number of aromatic nitrogens is 1. The highest BCUT2D eigenvalue weighted by molar-refractivity contribution is 6.36. The molecule has 0 unspecified atom stereocenters. The number of aryl methyl sites for hydroxylation is 1. The van der Waals surface area contributed by atoms with Crippen LogP contribution in [0.15, 0.2) is 42.5 Å². The van der Waals surface area contributed by atoms with E-state index in [4.69, 9.17) is 0 Å². The van der Waals surface area contributed by atoms with Crippen molar-refractivity contribution in [1.29, 1.82) is 0 Å². The number of nitrogens with one attached hydrogen (secondary N) is 2. The molecule has 0 bridgehead atoms. The van der Waals surface area contributed by atoms with E-state index in [0.29, 0.717) is 41.2 Å². The summed E-state index contributed by atoms with van der Waals surface area (Å²) in [5.74, 6) is -0.571. The maximum atomic E-state index is 14.0. The number of carbonyl (C=O) groups is 2. The number of nitrogens with zero attached hydrogens (tertiary/aromatic N) is 2. The van der Waals surface area contributed by atoms with Crippen LogP contribution in [0, 0.1) is 19.7 Å². The predicted octanol–water partition coefficient (Wildman–Crippen LogP) is 4.60. The second-order valence-corrected chi connectivity index (χ2v) is 10.9. The molecule has 3 N–H and O–H groups in total. The normalized spacial score (nSPS) is 22.1. The highest BCUT2D eigenvalue weighted by Gasteiger charge is 2.35. The fraction of sp³-hybridized carbons (Fsp3) is 0.355. The van der Waals surface area contributed by atoms with E-state index in [9.17, 15) is 19.1 Å². The monoisotopic (exact) mass is 528 g/mol. The number of aliphatic hydroxyl groups excluding tert-OH is 1. The Morgan fingerprint density at radius 1 is 1.15 bits per heavy atom. The first-order valence-corrected chi connectivity index (χ1v) is 13.6. The van der Waals surface area contributed by atoms with E-state index in [1.165, 1.54) is 12.1 Å². The second-order valence-electron chi connectivity index (χ2n) is 10.9. The smallest absolute Gasteiger partial charge is 0.256 e. The lowest BCUT2D eigenvalue weighted by atomic mass is 9.94. The van der Waals surface area contributed by atoms with E-state index in [0.717, 1.165) is 54.7 Å². The van der Waals surface area contributed by atoms with Gasteiger partial charge in [-0.15, -0.1) is 0 Å². The summed E-state index contributed by atoms with van der Waals surface area (Å²) >= 11 is 0. The molecule has 1 aromatic heterocycles. The molecule has 2 fully saturated rings. The predicted molar refractivity (Wildman–Crippen MR) is 150 cm³/mol.